The van der Waals surface area contributed by atoms with Gasteiger partial charge in [-0.25, -0.2) is 9.36 Å². The molecule has 2 aromatic carbocycles. The van der Waals surface area contributed by atoms with Gasteiger partial charge < -0.3 is 19.5 Å². The van der Waals surface area contributed by atoms with E-state index in [0.717, 1.165) is 17.4 Å². The van der Waals surface area contributed by atoms with E-state index < -0.39 is 11.2 Å². The third-order valence-electron chi connectivity index (χ3n) is 5.53. The van der Waals surface area contributed by atoms with Crippen molar-refractivity contribution in [1.29, 1.82) is 0 Å². The number of para-hydroxylation sites is 1. The lowest BCUT2D eigenvalue weighted by atomic mass is 10.2. The Balaban J connectivity index is 1.77. The van der Waals surface area contributed by atoms with Crippen LogP contribution in [0.1, 0.15) is 12.8 Å². The monoisotopic (exact) mass is 439 g/mol. The van der Waals surface area contributed by atoms with Crippen molar-refractivity contribution >= 4 is 16.8 Å². The van der Waals surface area contributed by atoms with E-state index in [1.165, 1.54) is 18.8 Å². The van der Waals surface area contributed by atoms with Gasteiger partial charge in [-0.05, 0) is 37.1 Å². The largest absolute Gasteiger partial charge is 0.493 e. The molecule has 1 amide bonds. The number of hydrogen-bond acceptors (Lipinski definition) is 6. The van der Waals surface area contributed by atoms with E-state index >= 15 is 0 Å². The fourth-order valence-corrected chi connectivity index (χ4v) is 3.90. The van der Waals surface area contributed by atoms with E-state index in [9.17, 15) is 14.4 Å². The quantitative estimate of drug-likeness (QED) is 0.598. The highest BCUT2D eigenvalue weighted by Crippen LogP contribution is 2.28. The van der Waals surface area contributed by atoms with E-state index in [2.05, 4.69) is 5.32 Å². The summed E-state index contributed by atoms with van der Waals surface area (Å²) < 4.78 is 18.4. The number of aromatic nitrogens is 2. The van der Waals surface area contributed by atoms with Crippen LogP contribution in [-0.2, 0) is 16.1 Å². The number of nitrogens with one attached hydrogen (secondary N) is 1. The lowest BCUT2D eigenvalue weighted by molar-refractivity contribution is -0.122. The summed E-state index contributed by atoms with van der Waals surface area (Å²) in [6.07, 6.45) is 1.86. The van der Waals surface area contributed by atoms with Crippen LogP contribution in [0.4, 0.5) is 0 Å². The van der Waals surface area contributed by atoms with E-state index in [4.69, 9.17) is 14.2 Å². The first-order valence-electron chi connectivity index (χ1n) is 10.4. The molecule has 1 unspecified atom stereocenters. The topological polar surface area (TPSA) is 101 Å². The van der Waals surface area contributed by atoms with Crippen LogP contribution in [0.15, 0.2) is 52.1 Å². The second-order valence-electron chi connectivity index (χ2n) is 7.50. The second-order valence-corrected chi connectivity index (χ2v) is 7.50. The molecule has 1 N–H and O–H groups in total. The third-order valence-corrected chi connectivity index (χ3v) is 5.53. The number of rotatable bonds is 7. The lowest BCUT2D eigenvalue weighted by Crippen LogP contribution is -2.42. The van der Waals surface area contributed by atoms with Gasteiger partial charge in [0.1, 0.15) is 6.54 Å². The second kappa shape index (κ2) is 9.27. The molecule has 1 aromatic heterocycles. The Labute approximate surface area is 184 Å². The average molecular weight is 439 g/mol. The molecule has 1 atom stereocenters. The molecule has 0 saturated carbocycles. The first kappa shape index (κ1) is 21.6. The molecule has 9 nitrogen and oxygen atoms in total. The van der Waals surface area contributed by atoms with Crippen LogP contribution in [0.2, 0.25) is 0 Å². The maximum Gasteiger partial charge on any atom is 0.336 e. The minimum absolute atomic E-state index is 0.00636. The predicted molar refractivity (Wildman–Crippen MR) is 119 cm³/mol. The Kier molecular flexibility index (Phi) is 6.27. The van der Waals surface area contributed by atoms with Gasteiger partial charge in [-0.2, -0.15) is 0 Å². The zero-order chi connectivity index (χ0) is 22.7. The first-order valence-corrected chi connectivity index (χ1v) is 10.4. The Bertz CT molecular complexity index is 1260. The third kappa shape index (κ3) is 4.11. The summed E-state index contributed by atoms with van der Waals surface area (Å²) in [6.45, 7) is 0.862. The van der Waals surface area contributed by atoms with E-state index in [0.29, 0.717) is 41.2 Å². The molecule has 4 rings (SSSR count). The number of nitrogens with zero attached hydrogens (tertiary/aromatic N) is 2. The molecule has 0 bridgehead atoms. The van der Waals surface area contributed by atoms with Crippen LogP contribution in [0.25, 0.3) is 16.6 Å². The van der Waals surface area contributed by atoms with Crippen molar-refractivity contribution in [3.63, 3.8) is 0 Å². The molecule has 0 spiro atoms. The smallest absolute Gasteiger partial charge is 0.336 e. The minimum atomic E-state index is -0.617. The van der Waals surface area contributed by atoms with Crippen LogP contribution in [0.3, 0.4) is 0 Å². The number of hydrogen-bond donors (Lipinski definition) is 1. The van der Waals surface area contributed by atoms with Crippen LogP contribution in [0.5, 0.6) is 11.5 Å². The van der Waals surface area contributed by atoms with Gasteiger partial charge >= 0.3 is 5.69 Å². The van der Waals surface area contributed by atoms with E-state index in [1.54, 1.807) is 42.5 Å². The molecular weight excluding hydrogens is 414 g/mol. The van der Waals surface area contributed by atoms with Crippen molar-refractivity contribution in [1.82, 2.24) is 14.5 Å². The van der Waals surface area contributed by atoms with Crippen molar-refractivity contribution in [2.75, 3.05) is 27.4 Å². The Morgan fingerprint density at radius 1 is 1.12 bits per heavy atom. The maximum atomic E-state index is 13.4. The van der Waals surface area contributed by atoms with Gasteiger partial charge in [-0.3, -0.25) is 14.2 Å². The van der Waals surface area contributed by atoms with Gasteiger partial charge in [0.15, 0.2) is 11.5 Å². The Hall–Kier alpha value is -3.59. The Morgan fingerprint density at radius 2 is 1.91 bits per heavy atom. The molecule has 1 saturated heterocycles. The van der Waals surface area contributed by atoms with Crippen LogP contribution < -0.4 is 26.0 Å². The zero-order valence-electron chi connectivity index (χ0n) is 18.0. The van der Waals surface area contributed by atoms with Gasteiger partial charge in [0.2, 0.25) is 5.91 Å². The summed E-state index contributed by atoms with van der Waals surface area (Å²) in [6, 6.07) is 11.5. The van der Waals surface area contributed by atoms with Gasteiger partial charge in [-0.15, -0.1) is 0 Å². The summed E-state index contributed by atoms with van der Waals surface area (Å²) >= 11 is 0. The molecule has 2 heterocycles. The van der Waals surface area contributed by atoms with Crippen molar-refractivity contribution in [2.45, 2.75) is 25.5 Å². The molecular formula is C23H25N3O6. The van der Waals surface area contributed by atoms with Crippen LogP contribution in [0, 0.1) is 0 Å². The summed E-state index contributed by atoms with van der Waals surface area (Å²) in [5.74, 6) is 0.523. The fraction of sp³-hybridized carbons (Fsp3) is 0.348. The van der Waals surface area contributed by atoms with Gasteiger partial charge in [0.25, 0.3) is 5.56 Å². The Morgan fingerprint density at radius 3 is 2.62 bits per heavy atom. The number of methoxy groups -OCH3 is 2. The maximum absolute atomic E-state index is 13.4. The highest BCUT2D eigenvalue weighted by molar-refractivity contribution is 5.82. The molecule has 32 heavy (non-hydrogen) atoms. The standard InChI is InChI=1S/C23H25N3O6/c1-30-19-10-9-15(12-20(19)31-2)26-22(28)17-7-3-4-8-18(17)25(23(26)29)14-21(27)24-13-16-6-5-11-32-16/h3-4,7-10,12,16H,5-6,11,13-14H2,1-2H3,(H,24,27). The summed E-state index contributed by atoms with van der Waals surface area (Å²) in [5, 5.41) is 3.15. The number of amides is 1. The normalized spacial score (nSPS) is 15.6. The number of benzene rings is 2. The van der Waals surface area contributed by atoms with Crippen LogP contribution >= 0.6 is 0 Å². The van der Waals surface area contributed by atoms with Crippen molar-refractivity contribution < 1.29 is 19.0 Å². The summed E-state index contributed by atoms with van der Waals surface area (Å²) in [5.41, 5.74) is -0.384. The zero-order valence-corrected chi connectivity index (χ0v) is 18.0. The molecule has 1 fully saturated rings. The van der Waals surface area contributed by atoms with Crippen molar-refractivity contribution in [3.05, 3.63) is 63.3 Å². The molecule has 9 heteroatoms. The number of fused-ring (bicyclic) bond motifs is 1. The van der Waals surface area contributed by atoms with Gasteiger partial charge in [0.05, 0.1) is 36.9 Å². The van der Waals surface area contributed by atoms with Gasteiger partial charge in [0, 0.05) is 19.2 Å². The highest BCUT2D eigenvalue weighted by atomic mass is 16.5. The average Bonchev–Trinajstić information content (AvgIpc) is 3.34. The van der Waals surface area contributed by atoms with E-state index in [-0.39, 0.29) is 18.6 Å². The number of ether oxygens (including phenoxy) is 3. The molecule has 3 aromatic rings. The molecule has 1 aliphatic rings. The summed E-state index contributed by atoms with van der Waals surface area (Å²) in [7, 11) is 2.98. The van der Waals surface area contributed by atoms with Crippen molar-refractivity contribution in [3.8, 4) is 17.2 Å². The lowest BCUT2D eigenvalue weighted by Gasteiger charge is -2.16. The van der Waals surface area contributed by atoms with E-state index in [1.807, 2.05) is 0 Å². The molecule has 168 valence electrons. The van der Waals surface area contributed by atoms with Crippen molar-refractivity contribution in [2.24, 2.45) is 0 Å². The first-order chi connectivity index (χ1) is 15.5. The SMILES string of the molecule is COc1ccc(-n2c(=O)c3ccccc3n(CC(=O)NCC3CCCO3)c2=O)cc1OC. The predicted octanol–water partition coefficient (Wildman–Crippen LogP) is 1.46. The minimum Gasteiger partial charge on any atom is -0.493 e. The number of carbonyl (C=O) groups is 1. The summed E-state index contributed by atoms with van der Waals surface area (Å²) in [4.78, 5) is 39.2. The molecule has 0 radical (unpaired) electrons. The van der Waals surface area contributed by atoms with Gasteiger partial charge in [-0.1, -0.05) is 12.1 Å². The van der Waals surface area contributed by atoms with Crippen LogP contribution in [-0.4, -0.2) is 48.5 Å². The molecule has 0 aliphatic carbocycles. The molecule has 1 aliphatic heterocycles. The number of carbonyl (C=O) groups excluding carboxylic acids is 1. The fourth-order valence-electron chi connectivity index (χ4n) is 3.90. The highest BCUT2D eigenvalue weighted by Gasteiger charge is 2.19.